The molecule has 2 aromatic rings. The summed E-state index contributed by atoms with van der Waals surface area (Å²) in [6, 6.07) is 20.2. The zero-order chi connectivity index (χ0) is 20.8. The Morgan fingerprint density at radius 3 is 2.45 bits per heavy atom. The van der Waals surface area contributed by atoms with E-state index in [1.807, 2.05) is 30.3 Å². The monoisotopic (exact) mass is 386 g/mol. The van der Waals surface area contributed by atoms with Crippen LogP contribution < -0.4 is 21.2 Å². The van der Waals surface area contributed by atoms with Gasteiger partial charge >= 0.3 is 0 Å². The van der Waals surface area contributed by atoms with Crippen LogP contribution in [0.4, 0.5) is 5.69 Å². The number of hydrogen-bond donors (Lipinski definition) is 2. The molecule has 0 aliphatic carbocycles. The lowest BCUT2D eigenvalue weighted by atomic mass is 9.95. The predicted octanol–water partition coefficient (Wildman–Crippen LogP) is 1.76. The minimum absolute atomic E-state index is 0.216. The maximum absolute atomic E-state index is 10.8. The van der Waals surface area contributed by atoms with E-state index < -0.39 is 18.0 Å². The van der Waals surface area contributed by atoms with Gasteiger partial charge in [0.2, 0.25) is 0 Å². The second kappa shape index (κ2) is 8.70. The molecule has 0 fully saturated rings. The Morgan fingerprint density at radius 2 is 1.86 bits per heavy atom. The van der Waals surface area contributed by atoms with Crippen LogP contribution >= 0.6 is 0 Å². The van der Waals surface area contributed by atoms with Crippen molar-refractivity contribution in [1.82, 2.24) is 0 Å². The van der Waals surface area contributed by atoms with Crippen molar-refractivity contribution in [2.45, 2.75) is 6.17 Å². The largest absolute Gasteiger partial charge is 0.484 e. The third-order valence-electron chi connectivity index (χ3n) is 4.26. The quantitative estimate of drug-likeness (QED) is 0.725. The smallest absolute Gasteiger partial charge is 0.255 e. The van der Waals surface area contributed by atoms with E-state index in [0.29, 0.717) is 17.0 Å². The number of benzene rings is 2. The van der Waals surface area contributed by atoms with E-state index in [2.05, 4.69) is 17.2 Å². The lowest BCUT2D eigenvalue weighted by molar-refractivity contribution is -0.119. The molecule has 1 heterocycles. The third-order valence-corrected chi connectivity index (χ3v) is 4.26. The number of para-hydroxylation sites is 1. The maximum atomic E-state index is 10.8. The summed E-state index contributed by atoms with van der Waals surface area (Å²) in [4.78, 5) is 10.8. The first-order chi connectivity index (χ1) is 14.0. The third kappa shape index (κ3) is 4.41. The van der Waals surface area contributed by atoms with E-state index in [-0.39, 0.29) is 12.2 Å². The van der Waals surface area contributed by atoms with Crippen LogP contribution in [-0.2, 0) is 4.79 Å². The highest BCUT2D eigenvalue weighted by atomic mass is 16.5. The predicted molar refractivity (Wildman–Crippen MR) is 108 cm³/mol. The molecule has 0 spiro atoms. The standard InChI is InChI=1S/C21H18N6O2/c22-11-15(10-14-6-8-17(9-7-14)29-13-19(24)28)20-18(12-23)21(25)27(26-20)16-4-2-1-3-5-16/h1-10,18,21H,13,25H2,(H2,24,28)/b15-10-/t18-,21-/m0/s1. The molecular weight excluding hydrogens is 368 g/mol. The maximum Gasteiger partial charge on any atom is 0.255 e. The molecule has 1 amide bonds. The molecule has 3 rings (SSSR count). The van der Waals surface area contributed by atoms with Gasteiger partial charge in [0, 0.05) is 0 Å². The van der Waals surface area contributed by atoms with Gasteiger partial charge in [0.15, 0.2) is 6.61 Å². The highest BCUT2D eigenvalue weighted by Crippen LogP contribution is 2.28. The average Bonchev–Trinajstić information content (AvgIpc) is 3.08. The van der Waals surface area contributed by atoms with Crippen LogP contribution in [0, 0.1) is 28.6 Å². The fourth-order valence-corrected chi connectivity index (χ4v) is 2.86. The molecule has 1 aliphatic rings. The summed E-state index contributed by atoms with van der Waals surface area (Å²) >= 11 is 0. The van der Waals surface area contributed by atoms with E-state index >= 15 is 0 Å². The molecule has 0 radical (unpaired) electrons. The Hall–Kier alpha value is -4.14. The van der Waals surface area contributed by atoms with Crippen LogP contribution in [0.1, 0.15) is 5.56 Å². The molecule has 0 saturated carbocycles. The van der Waals surface area contributed by atoms with Crippen LogP contribution in [0.25, 0.3) is 6.08 Å². The van der Waals surface area contributed by atoms with Crippen molar-refractivity contribution in [1.29, 1.82) is 10.5 Å². The van der Waals surface area contributed by atoms with Crippen molar-refractivity contribution in [3.63, 3.8) is 0 Å². The molecule has 0 bridgehead atoms. The van der Waals surface area contributed by atoms with Crippen LogP contribution in [0.15, 0.2) is 65.3 Å². The Morgan fingerprint density at radius 1 is 1.17 bits per heavy atom. The van der Waals surface area contributed by atoms with E-state index in [0.717, 1.165) is 5.69 Å². The Bertz CT molecular complexity index is 1030. The number of hydrazone groups is 1. The molecular formula is C21H18N6O2. The molecule has 144 valence electrons. The number of nitrogens with two attached hydrogens (primary N) is 2. The number of allylic oxidation sites excluding steroid dienone is 1. The molecule has 0 aromatic heterocycles. The van der Waals surface area contributed by atoms with Crippen molar-refractivity contribution in [3.05, 3.63) is 65.7 Å². The summed E-state index contributed by atoms with van der Waals surface area (Å²) in [5, 5.41) is 25.3. The normalized spacial score (nSPS) is 18.5. The molecule has 8 heteroatoms. The molecule has 2 atom stereocenters. The second-order valence-electron chi connectivity index (χ2n) is 6.26. The summed E-state index contributed by atoms with van der Waals surface area (Å²) in [5.41, 5.74) is 13.3. The van der Waals surface area contributed by atoms with E-state index in [1.165, 1.54) is 0 Å². The summed E-state index contributed by atoms with van der Waals surface area (Å²) in [7, 11) is 0. The Kier molecular flexibility index (Phi) is 5.88. The topological polar surface area (TPSA) is 142 Å². The van der Waals surface area contributed by atoms with Crippen molar-refractivity contribution < 1.29 is 9.53 Å². The molecule has 0 saturated heterocycles. The van der Waals surface area contributed by atoms with Crippen LogP contribution in [-0.4, -0.2) is 24.4 Å². The number of hydrogen-bond acceptors (Lipinski definition) is 7. The highest BCUT2D eigenvalue weighted by Gasteiger charge is 2.37. The van der Waals surface area contributed by atoms with Crippen LogP contribution in [0.5, 0.6) is 5.75 Å². The second-order valence-corrected chi connectivity index (χ2v) is 6.26. The van der Waals surface area contributed by atoms with E-state index in [1.54, 1.807) is 35.4 Å². The van der Waals surface area contributed by atoms with Crippen LogP contribution in [0.2, 0.25) is 0 Å². The number of primary amides is 1. The number of carbonyl (C=O) groups is 1. The minimum atomic E-state index is -0.751. The summed E-state index contributed by atoms with van der Waals surface area (Å²) in [6.07, 6.45) is 0.932. The molecule has 4 N–H and O–H groups in total. The summed E-state index contributed by atoms with van der Waals surface area (Å²) in [5.74, 6) is -0.842. The Labute approximate surface area is 167 Å². The number of ether oxygens (including phenoxy) is 1. The van der Waals surface area contributed by atoms with Gasteiger partial charge in [-0.15, -0.1) is 0 Å². The Balaban J connectivity index is 1.89. The van der Waals surface area contributed by atoms with E-state index in [9.17, 15) is 15.3 Å². The van der Waals surface area contributed by atoms with Gasteiger partial charge in [0.25, 0.3) is 5.91 Å². The van der Waals surface area contributed by atoms with Crippen molar-refractivity contribution in [2.24, 2.45) is 22.5 Å². The lowest BCUT2D eigenvalue weighted by Gasteiger charge is -2.21. The van der Waals surface area contributed by atoms with Gasteiger partial charge in [-0.25, -0.2) is 5.01 Å². The zero-order valence-electron chi connectivity index (χ0n) is 15.4. The number of rotatable bonds is 6. The minimum Gasteiger partial charge on any atom is -0.484 e. The van der Waals surface area contributed by atoms with Gasteiger partial charge < -0.3 is 16.2 Å². The van der Waals surface area contributed by atoms with Gasteiger partial charge in [0.1, 0.15) is 23.9 Å². The molecule has 1 aliphatic heterocycles. The van der Waals surface area contributed by atoms with Crippen LogP contribution in [0.3, 0.4) is 0 Å². The summed E-state index contributed by atoms with van der Waals surface area (Å²) < 4.78 is 5.21. The number of nitrogens with zero attached hydrogens (tertiary/aromatic N) is 4. The fraction of sp³-hybridized carbons (Fsp3) is 0.143. The first-order valence-electron chi connectivity index (χ1n) is 8.75. The first-order valence-corrected chi connectivity index (χ1v) is 8.75. The molecule has 29 heavy (non-hydrogen) atoms. The first kappa shape index (κ1) is 19.6. The lowest BCUT2D eigenvalue weighted by Crippen LogP contribution is -2.40. The number of carbonyl (C=O) groups excluding carboxylic acids is 1. The average molecular weight is 386 g/mol. The number of nitriles is 2. The molecule has 0 unspecified atom stereocenters. The van der Waals surface area contributed by atoms with Crippen molar-refractivity contribution in [2.75, 3.05) is 11.6 Å². The van der Waals surface area contributed by atoms with Gasteiger partial charge in [-0.2, -0.15) is 15.6 Å². The van der Waals surface area contributed by atoms with Gasteiger partial charge in [-0.05, 0) is 35.9 Å². The van der Waals surface area contributed by atoms with Crippen molar-refractivity contribution >= 4 is 23.4 Å². The molecule has 2 aromatic carbocycles. The van der Waals surface area contributed by atoms with Gasteiger partial charge in [-0.3, -0.25) is 4.79 Å². The highest BCUT2D eigenvalue weighted by molar-refractivity contribution is 6.11. The summed E-state index contributed by atoms with van der Waals surface area (Å²) in [6.45, 7) is -0.216. The van der Waals surface area contributed by atoms with Gasteiger partial charge in [0.05, 0.1) is 23.0 Å². The van der Waals surface area contributed by atoms with E-state index in [4.69, 9.17) is 16.2 Å². The fourth-order valence-electron chi connectivity index (χ4n) is 2.86. The SMILES string of the molecule is N#C/C(=C/c1ccc(OCC(N)=O)cc1)C1=NN(c2ccccc2)[C@H](N)[C@H]1C#N. The number of amides is 1. The number of anilines is 1. The zero-order valence-corrected chi connectivity index (χ0v) is 15.4. The van der Waals surface area contributed by atoms with Crippen molar-refractivity contribution in [3.8, 4) is 17.9 Å². The van der Waals surface area contributed by atoms with Gasteiger partial charge in [-0.1, -0.05) is 30.3 Å². The molecule has 8 nitrogen and oxygen atoms in total.